The van der Waals surface area contributed by atoms with Crippen molar-refractivity contribution in [3.8, 4) is 0 Å². The van der Waals surface area contributed by atoms with Crippen molar-refractivity contribution < 1.29 is 0 Å². The summed E-state index contributed by atoms with van der Waals surface area (Å²) in [5, 5.41) is 3.68. The lowest BCUT2D eigenvalue weighted by atomic mass is 9.96. The van der Waals surface area contributed by atoms with Crippen molar-refractivity contribution in [2.75, 3.05) is 12.3 Å². The Balaban J connectivity index is 2.24. The van der Waals surface area contributed by atoms with Gasteiger partial charge < -0.3 is 5.32 Å². The normalized spacial score (nSPS) is 19.4. The maximum absolute atomic E-state index is 3.68. The number of fused-ring (bicyclic) bond motifs is 1. The molecule has 0 aliphatic carbocycles. The fraction of sp³-hybridized carbons (Fsp3) is 0.600. The highest BCUT2D eigenvalue weighted by Crippen LogP contribution is 2.37. The summed E-state index contributed by atoms with van der Waals surface area (Å²) in [4.78, 5) is 1.48. The van der Waals surface area contributed by atoms with Gasteiger partial charge in [0, 0.05) is 10.9 Å². The average Bonchev–Trinajstić information content (AvgIpc) is 2.35. The van der Waals surface area contributed by atoms with Gasteiger partial charge in [-0.2, -0.15) is 0 Å². The second kappa shape index (κ2) is 5.92. The molecule has 0 fully saturated rings. The third kappa shape index (κ3) is 3.05. The molecular weight excluding hydrogens is 226 g/mol. The topological polar surface area (TPSA) is 12.0 Å². The number of rotatable bonds is 4. The molecular formula is C15H23NS. The van der Waals surface area contributed by atoms with Gasteiger partial charge in [-0.1, -0.05) is 32.9 Å². The summed E-state index contributed by atoms with van der Waals surface area (Å²) < 4.78 is 0. The molecule has 0 amide bonds. The molecule has 0 spiro atoms. The summed E-state index contributed by atoms with van der Waals surface area (Å²) in [5.74, 6) is 1.87. The van der Waals surface area contributed by atoms with Crippen molar-refractivity contribution in [2.45, 2.75) is 50.5 Å². The van der Waals surface area contributed by atoms with Crippen molar-refractivity contribution in [1.29, 1.82) is 0 Å². The van der Waals surface area contributed by atoms with Gasteiger partial charge in [0.2, 0.25) is 0 Å². The predicted molar refractivity (Wildman–Crippen MR) is 76.9 cm³/mol. The first kappa shape index (κ1) is 13.0. The van der Waals surface area contributed by atoms with Crippen LogP contribution in [0.3, 0.4) is 0 Å². The zero-order valence-corrected chi connectivity index (χ0v) is 11.9. The molecule has 1 aliphatic rings. The lowest BCUT2D eigenvalue weighted by Gasteiger charge is -2.27. The highest BCUT2D eigenvalue weighted by Gasteiger charge is 2.20. The zero-order chi connectivity index (χ0) is 12.3. The quantitative estimate of drug-likeness (QED) is 0.851. The Morgan fingerprint density at radius 2 is 2.24 bits per heavy atom. The van der Waals surface area contributed by atoms with Crippen molar-refractivity contribution in [1.82, 2.24) is 5.32 Å². The van der Waals surface area contributed by atoms with Gasteiger partial charge in [-0.3, -0.25) is 0 Å². The molecule has 2 heteroatoms. The highest BCUT2D eigenvalue weighted by atomic mass is 32.2. The van der Waals surface area contributed by atoms with Gasteiger partial charge in [-0.25, -0.2) is 0 Å². The van der Waals surface area contributed by atoms with Crippen LogP contribution in [-0.2, 0) is 0 Å². The average molecular weight is 249 g/mol. The maximum Gasteiger partial charge on any atom is 0.0339 e. The lowest BCUT2D eigenvalue weighted by Crippen LogP contribution is -2.25. The molecule has 1 N–H and O–H groups in total. The van der Waals surface area contributed by atoms with Gasteiger partial charge in [0.15, 0.2) is 0 Å². The molecule has 1 atom stereocenters. The predicted octanol–water partition coefficient (Wildman–Crippen LogP) is 4.35. The van der Waals surface area contributed by atoms with Crippen LogP contribution < -0.4 is 5.32 Å². The molecule has 1 aromatic carbocycles. The first-order chi connectivity index (χ1) is 8.22. The number of benzene rings is 1. The van der Waals surface area contributed by atoms with Crippen molar-refractivity contribution >= 4 is 11.8 Å². The summed E-state index contributed by atoms with van der Waals surface area (Å²) in [5.41, 5.74) is 3.00. The largest absolute Gasteiger partial charge is 0.310 e. The van der Waals surface area contributed by atoms with E-state index in [0.29, 0.717) is 12.0 Å². The van der Waals surface area contributed by atoms with Crippen LogP contribution in [0.15, 0.2) is 23.1 Å². The van der Waals surface area contributed by atoms with Crippen LogP contribution in [0.25, 0.3) is 0 Å². The van der Waals surface area contributed by atoms with Crippen LogP contribution in [0.4, 0.5) is 0 Å². The van der Waals surface area contributed by atoms with E-state index in [1.54, 1.807) is 0 Å². The van der Waals surface area contributed by atoms with E-state index in [0.717, 1.165) is 6.54 Å². The van der Waals surface area contributed by atoms with Crippen LogP contribution >= 0.6 is 11.8 Å². The Bertz CT molecular complexity index is 373. The molecule has 1 aromatic rings. The Hall–Kier alpha value is -0.470. The number of hydrogen-bond donors (Lipinski definition) is 1. The molecule has 0 saturated heterocycles. The molecule has 0 saturated carbocycles. The van der Waals surface area contributed by atoms with E-state index in [4.69, 9.17) is 0 Å². The minimum Gasteiger partial charge on any atom is -0.310 e. The van der Waals surface area contributed by atoms with Gasteiger partial charge in [-0.05, 0) is 48.3 Å². The van der Waals surface area contributed by atoms with E-state index < -0.39 is 0 Å². The summed E-state index contributed by atoms with van der Waals surface area (Å²) in [6.07, 6.45) is 2.47. The Morgan fingerprint density at radius 1 is 1.41 bits per heavy atom. The summed E-state index contributed by atoms with van der Waals surface area (Å²) in [6.45, 7) is 7.90. The van der Waals surface area contributed by atoms with Crippen LogP contribution in [0.5, 0.6) is 0 Å². The van der Waals surface area contributed by atoms with Gasteiger partial charge in [0.05, 0.1) is 0 Å². The van der Waals surface area contributed by atoms with Crippen LogP contribution in [0.2, 0.25) is 0 Å². The fourth-order valence-corrected chi connectivity index (χ4v) is 3.41. The van der Waals surface area contributed by atoms with E-state index in [-0.39, 0.29) is 0 Å². The van der Waals surface area contributed by atoms with E-state index in [1.807, 2.05) is 11.8 Å². The van der Waals surface area contributed by atoms with E-state index in [9.17, 15) is 0 Å². The van der Waals surface area contributed by atoms with Gasteiger partial charge >= 0.3 is 0 Å². The van der Waals surface area contributed by atoms with E-state index in [2.05, 4.69) is 44.3 Å². The second-order valence-electron chi connectivity index (χ2n) is 5.10. The molecule has 1 nitrogen and oxygen atoms in total. The Labute approximate surface area is 109 Å². The van der Waals surface area contributed by atoms with Gasteiger partial charge in [0.25, 0.3) is 0 Å². The zero-order valence-electron chi connectivity index (χ0n) is 11.1. The first-order valence-corrected chi connectivity index (χ1v) is 7.71. The smallest absolute Gasteiger partial charge is 0.0339 e. The van der Waals surface area contributed by atoms with Crippen molar-refractivity contribution in [3.05, 3.63) is 29.3 Å². The Kier molecular flexibility index (Phi) is 4.52. The Morgan fingerprint density at radius 3 is 2.94 bits per heavy atom. The summed E-state index contributed by atoms with van der Waals surface area (Å²) >= 11 is 2.01. The van der Waals surface area contributed by atoms with Gasteiger partial charge in [0.1, 0.15) is 0 Å². The third-order valence-corrected chi connectivity index (χ3v) is 4.50. The molecule has 0 radical (unpaired) electrons. The standard InChI is InChI=1S/C15H23NS/c1-4-8-16-14-7-9-17-15-6-5-12(11(2)3)10-13(14)15/h5-6,10-11,14,16H,4,7-9H2,1-3H3. The fourth-order valence-electron chi connectivity index (χ4n) is 2.30. The van der Waals surface area contributed by atoms with Crippen LogP contribution in [0.1, 0.15) is 56.7 Å². The lowest BCUT2D eigenvalue weighted by molar-refractivity contribution is 0.509. The first-order valence-electron chi connectivity index (χ1n) is 6.72. The highest BCUT2D eigenvalue weighted by molar-refractivity contribution is 7.99. The van der Waals surface area contributed by atoms with Crippen LogP contribution in [0, 0.1) is 0 Å². The van der Waals surface area contributed by atoms with Crippen molar-refractivity contribution in [2.24, 2.45) is 0 Å². The molecule has 94 valence electrons. The minimum absolute atomic E-state index is 0.574. The summed E-state index contributed by atoms with van der Waals surface area (Å²) in [7, 11) is 0. The van der Waals surface area contributed by atoms with E-state index in [1.165, 1.54) is 34.6 Å². The second-order valence-corrected chi connectivity index (χ2v) is 6.23. The monoisotopic (exact) mass is 249 g/mol. The number of hydrogen-bond acceptors (Lipinski definition) is 2. The van der Waals surface area contributed by atoms with Crippen molar-refractivity contribution in [3.63, 3.8) is 0 Å². The molecule has 2 rings (SSSR count). The molecule has 0 aromatic heterocycles. The number of thioether (sulfide) groups is 1. The van der Waals surface area contributed by atoms with Gasteiger partial charge in [-0.15, -0.1) is 11.8 Å². The molecule has 1 heterocycles. The molecule has 1 aliphatic heterocycles. The third-order valence-electron chi connectivity index (χ3n) is 3.38. The maximum atomic E-state index is 3.68. The van der Waals surface area contributed by atoms with Crippen LogP contribution in [-0.4, -0.2) is 12.3 Å². The minimum atomic E-state index is 0.574. The summed E-state index contributed by atoms with van der Waals surface area (Å²) in [6, 6.07) is 7.60. The SMILES string of the molecule is CCCNC1CCSc2ccc(C(C)C)cc21. The molecule has 17 heavy (non-hydrogen) atoms. The number of nitrogens with one attached hydrogen (secondary N) is 1. The molecule has 1 unspecified atom stereocenters. The van der Waals surface area contributed by atoms with E-state index >= 15 is 0 Å². The molecule has 0 bridgehead atoms.